The Kier molecular flexibility index (Phi) is 11.5. The lowest BCUT2D eigenvalue weighted by molar-refractivity contribution is -0.385. The van der Waals surface area contributed by atoms with Gasteiger partial charge in [0.05, 0.1) is 4.92 Å². The minimum Gasteiger partial charge on any atom is -0.368 e. The second-order valence-corrected chi connectivity index (χ2v) is 14.8. The Bertz CT molecular complexity index is 1880. The number of amides is 3. The van der Waals surface area contributed by atoms with Gasteiger partial charge in [-0.2, -0.15) is 0 Å². The van der Waals surface area contributed by atoms with Gasteiger partial charge in [-0.3, -0.25) is 29.5 Å². The number of halogens is 1. The smallest absolute Gasteiger partial charge is 0.287 e. The van der Waals surface area contributed by atoms with Crippen molar-refractivity contribution < 1.29 is 23.7 Å². The van der Waals surface area contributed by atoms with Crippen LogP contribution in [-0.4, -0.2) is 69.4 Å². The highest BCUT2D eigenvalue weighted by atomic mass is 33.1. The van der Waals surface area contributed by atoms with Crippen molar-refractivity contribution in [3.05, 3.63) is 118 Å². The molecule has 0 bridgehead atoms. The zero-order chi connectivity index (χ0) is 35.9. The molecule has 0 spiro atoms. The van der Waals surface area contributed by atoms with Gasteiger partial charge in [-0.25, -0.2) is 9.37 Å². The summed E-state index contributed by atoms with van der Waals surface area (Å²) < 4.78 is 14.9. The molecular weight excluding hydrogens is 694 g/mol. The van der Waals surface area contributed by atoms with Gasteiger partial charge in [-0.05, 0) is 70.8 Å². The second kappa shape index (κ2) is 16.3. The molecule has 1 saturated heterocycles. The van der Waals surface area contributed by atoms with E-state index in [4.69, 9.17) is 0 Å². The molecule has 3 atom stereocenters. The molecule has 51 heavy (non-hydrogen) atoms. The lowest BCUT2D eigenvalue weighted by Gasteiger charge is -2.36. The van der Waals surface area contributed by atoms with Crippen molar-refractivity contribution in [2.24, 2.45) is 11.8 Å². The number of rotatable bonds is 13. The summed E-state index contributed by atoms with van der Waals surface area (Å²) in [5, 5.41) is 17.0. The molecule has 3 heterocycles. The van der Waals surface area contributed by atoms with Crippen LogP contribution in [0.1, 0.15) is 40.7 Å². The van der Waals surface area contributed by atoms with Crippen LogP contribution in [0.3, 0.4) is 0 Å². The van der Waals surface area contributed by atoms with Crippen LogP contribution in [0, 0.1) is 27.8 Å². The Balaban J connectivity index is 0.904. The standard InChI is InChI=1S/C36H36FN7O5S2/c1-23-33(26-3-2-13-38-20-26)34(23)36(47)41-27-7-4-25(30(37)19-27)21-40-35(46)24-5-8-28(9-6-24)42-14-16-43(17-15-42)32(45)12-18-50-51-31-11-10-29(22-39-31)44(48)49/h2-11,13,19-20,22-23,33-34H,12,14-18,21H2,1H3,(H,40,46)(H,41,47). The van der Waals surface area contributed by atoms with Gasteiger partial charge in [0, 0.05) is 97.7 Å². The third-order valence-electron chi connectivity index (χ3n) is 9.11. The van der Waals surface area contributed by atoms with E-state index in [2.05, 4.69) is 25.5 Å². The molecule has 6 rings (SSSR count). The number of hydrogen-bond acceptors (Lipinski definition) is 10. The average molecular weight is 730 g/mol. The average Bonchev–Trinajstić information content (AvgIpc) is 3.84. The highest BCUT2D eigenvalue weighted by molar-refractivity contribution is 8.76. The van der Waals surface area contributed by atoms with Crippen LogP contribution < -0.4 is 15.5 Å². The van der Waals surface area contributed by atoms with Gasteiger partial charge >= 0.3 is 0 Å². The van der Waals surface area contributed by atoms with Crippen LogP contribution in [0.5, 0.6) is 0 Å². The number of aromatic nitrogens is 2. The van der Waals surface area contributed by atoms with Crippen molar-refractivity contribution in [1.82, 2.24) is 20.2 Å². The summed E-state index contributed by atoms with van der Waals surface area (Å²) in [6.07, 6.45) is 5.07. The Morgan fingerprint density at radius 1 is 1.02 bits per heavy atom. The highest BCUT2D eigenvalue weighted by Gasteiger charge is 2.52. The van der Waals surface area contributed by atoms with E-state index in [0.29, 0.717) is 60.2 Å². The lowest BCUT2D eigenvalue weighted by Crippen LogP contribution is -2.48. The van der Waals surface area contributed by atoms with Crippen molar-refractivity contribution >= 4 is 56.4 Å². The summed E-state index contributed by atoms with van der Waals surface area (Å²) >= 11 is 0. The van der Waals surface area contributed by atoms with E-state index < -0.39 is 10.7 Å². The Labute approximate surface area is 302 Å². The summed E-state index contributed by atoms with van der Waals surface area (Å²) in [5.41, 5.74) is 3.01. The second-order valence-electron chi connectivity index (χ2n) is 12.4. The quantitative estimate of drug-likeness (QED) is 0.0735. The first kappa shape index (κ1) is 35.8. The van der Waals surface area contributed by atoms with Gasteiger partial charge in [0.15, 0.2) is 0 Å². The molecule has 2 aliphatic rings. The number of piperazine rings is 1. The predicted octanol–water partition coefficient (Wildman–Crippen LogP) is 5.92. The molecule has 12 nitrogen and oxygen atoms in total. The van der Waals surface area contributed by atoms with Gasteiger partial charge in [-0.15, -0.1) is 0 Å². The Morgan fingerprint density at radius 3 is 2.47 bits per heavy atom. The molecule has 2 aromatic carbocycles. The Morgan fingerprint density at radius 2 is 1.80 bits per heavy atom. The van der Waals surface area contributed by atoms with E-state index in [1.54, 1.807) is 42.7 Å². The van der Waals surface area contributed by atoms with Gasteiger partial charge in [0.25, 0.3) is 11.6 Å². The molecular formula is C36H36FN7O5S2. The Hall–Kier alpha value is -5.02. The highest BCUT2D eigenvalue weighted by Crippen LogP contribution is 2.53. The van der Waals surface area contributed by atoms with Crippen LogP contribution in [0.15, 0.2) is 90.3 Å². The van der Waals surface area contributed by atoms with Crippen molar-refractivity contribution in [3.63, 3.8) is 0 Å². The fraction of sp³-hybridized carbons (Fsp3) is 0.306. The minimum atomic E-state index is -0.522. The number of carbonyl (C=O) groups excluding carboxylic acids is 3. The zero-order valence-electron chi connectivity index (χ0n) is 27.7. The fourth-order valence-electron chi connectivity index (χ4n) is 6.18. The van der Waals surface area contributed by atoms with Crippen molar-refractivity contribution in [3.8, 4) is 0 Å². The number of nitrogens with zero attached hydrogens (tertiary/aromatic N) is 5. The van der Waals surface area contributed by atoms with Crippen molar-refractivity contribution in [2.45, 2.75) is 30.8 Å². The summed E-state index contributed by atoms with van der Waals surface area (Å²) in [7, 11) is 2.86. The molecule has 0 radical (unpaired) electrons. The maximum atomic E-state index is 14.9. The number of pyridine rings is 2. The number of carbonyl (C=O) groups is 3. The molecule has 15 heteroatoms. The molecule has 1 aliphatic heterocycles. The molecule has 2 fully saturated rings. The first-order chi connectivity index (χ1) is 24.7. The third-order valence-corrected chi connectivity index (χ3v) is 11.4. The zero-order valence-corrected chi connectivity index (χ0v) is 29.4. The maximum absolute atomic E-state index is 14.9. The molecule has 3 unspecified atom stereocenters. The predicted molar refractivity (Wildman–Crippen MR) is 195 cm³/mol. The van der Waals surface area contributed by atoms with Crippen LogP contribution in [0.2, 0.25) is 0 Å². The largest absolute Gasteiger partial charge is 0.368 e. The number of benzene rings is 2. The first-order valence-electron chi connectivity index (χ1n) is 16.5. The number of hydrogen-bond donors (Lipinski definition) is 2. The normalized spacial score (nSPS) is 18.2. The van der Waals surface area contributed by atoms with Crippen LogP contribution in [0.25, 0.3) is 0 Å². The van der Waals surface area contributed by atoms with E-state index >= 15 is 0 Å². The lowest BCUT2D eigenvalue weighted by atomic mass is 10.1. The molecule has 3 amide bonds. The minimum absolute atomic E-state index is 0.00943. The summed E-state index contributed by atoms with van der Waals surface area (Å²) in [4.78, 5) is 60.9. The molecule has 2 N–H and O–H groups in total. The van der Waals surface area contributed by atoms with E-state index in [9.17, 15) is 28.9 Å². The van der Waals surface area contributed by atoms with E-state index in [1.165, 1.54) is 39.9 Å². The maximum Gasteiger partial charge on any atom is 0.287 e. The number of nitro groups is 1. The van der Waals surface area contributed by atoms with Crippen LogP contribution in [-0.2, 0) is 16.1 Å². The monoisotopic (exact) mass is 729 g/mol. The summed E-state index contributed by atoms with van der Waals surface area (Å²) in [6, 6.07) is 18.5. The molecule has 4 aromatic rings. The first-order valence-corrected chi connectivity index (χ1v) is 18.8. The van der Waals surface area contributed by atoms with Gasteiger partial charge in [0.1, 0.15) is 17.0 Å². The van der Waals surface area contributed by atoms with Gasteiger partial charge in [-0.1, -0.05) is 29.9 Å². The van der Waals surface area contributed by atoms with Gasteiger partial charge in [0.2, 0.25) is 11.8 Å². The fourth-order valence-corrected chi connectivity index (χ4v) is 8.02. The van der Waals surface area contributed by atoms with E-state index in [-0.39, 0.29) is 47.7 Å². The summed E-state index contributed by atoms with van der Waals surface area (Å²) in [5.74, 6) is -0.273. The SMILES string of the molecule is CC1C(C(=O)Nc2ccc(CNC(=O)c3ccc(N4CCN(C(=O)CCSSc5ccc([N+](=O)[O-])cn5)CC4)cc3)c(F)c2)C1c1cccnc1. The molecule has 264 valence electrons. The van der Waals surface area contributed by atoms with Crippen molar-refractivity contribution in [2.75, 3.05) is 42.1 Å². The van der Waals surface area contributed by atoms with Crippen molar-refractivity contribution in [1.29, 1.82) is 0 Å². The van der Waals surface area contributed by atoms with E-state index in [0.717, 1.165) is 11.3 Å². The summed E-state index contributed by atoms with van der Waals surface area (Å²) in [6.45, 7) is 4.50. The topological polar surface area (TPSA) is 151 Å². The molecule has 2 aromatic heterocycles. The van der Waals surface area contributed by atoms with Crippen LogP contribution in [0.4, 0.5) is 21.5 Å². The number of nitrogens with one attached hydrogen (secondary N) is 2. The molecule has 1 aliphatic carbocycles. The van der Waals surface area contributed by atoms with Gasteiger partial charge < -0.3 is 20.4 Å². The van der Waals surface area contributed by atoms with Crippen LogP contribution >= 0.6 is 21.6 Å². The third kappa shape index (κ3) is 9.02. The number of anilines is 2. The molecule has 1 saturated carbocycles. The van der Waals surface area contributed by atoms with E-state index in [1.807, 2.05) is 36.1 Å².